The van der Waals surface area contributed by atoms with E-state index in [4.69, 9.17) is 9.72 Å². The molecule has 0 saturated carbocycles. The minimum atomic E-state index is 0.735. The van der Waals surface area contributed by atoms with Gasteiger partial charge >= 0.3 is 0 Å². The Morgan fingerprint density at radius 3 is 3.05 bits per heavy atom. The summed E-state index contributed by atoms with van der Waals surface area (Å²) in [6.07, 6.45) is 2.08. The second-order valence-corrected chi connectivity index (χ2v) is 5.21. The highest BCUT2D eigenvalue weighted by molar-refractivity contribution is 7.15. The molecule has 0 amide bonds. The maximum atomic E-state index is 5.41. The standard InChI is InChI=1S/C13H22N4OS/c1-4-14-10-11-12(16(3)6-8-18-5-2)15-13-17(11)7-9-19-13/h7,9,14H,4-6,8,10H2,1-3H3. The number of imidazole rings is 1. The van der Waals surface area contributed by atoms with Crippen molar-refractivity contribution in [3.63, 3.8) is 0 Å². The number of nitrogens with one attached hydrogen (secondary N) is 1. The summed E-state index contributed by atoms with van der Waals surface area (Å²) in [5.41, 5.74) is 1.22. The Bertz CT molecular complexity index is 508. The van der Waals surface area contributed by atoms with Crippen LogP contribution in [0.1, 0.15) is 19.5 Å². The lowest BCUT2D eigenvalue weighted by molar-refractivity contribution is 0.154. The molecule has 0 spiro atoms. The van der Waals surface area contributed by atoms with Crippen molar-refractivity contribution in [1.29, 1.82) is 0 Å². The van der Waals surface area contributed by atoms with E-state index in [1.165, 1.54) is 5.69 Å². The Hall–Kier alpha value is -1.11. The zero-order valence-corrected chi connectivity index (χ0v) is 12.7. The zero-order chi connectivity index (χ0) is 13.7. The lowest BCUT2D eigenvalue weighted by Crippen LogP contribution is -2.25. The van der Waals surface area contributed by atoms with Gasteiger partial charge in [-0.05, 0) is 13.5 Å². The Morgan fingerprint density at radius 2 is 2.32 bits per heavy atom. The van der Waals surface area contributed by atoms with Crippen LogP contribution in [0.3, 0.4) is 0 Å². The molecule has 5 nitrogen and oxygen atoms in total. The highest BCUT2D eigenvalue weighted by atomic mass is 32.1. The fourth-order valence-corrected chi connectivity index (χ4v) is 2.71. The van der Waals surface area contributed by atoms with E-state index < -0.39 is 0 Å². The summed E-state index contributed by atoms with van der Waals surface area (Å²) in [6, 6.07) is 0. The van der Waals surface area contributed by atoms with Crippen LogP contribution in [0, 0.1) is 0 Å². The molecule has 19 heavy (non-hydrogen) atoms. The first-order chi connectivity index (χ1) is 9.27. The van der Waals surface area contributed by atoms with Crippen LogP contribution < -0.4 is 10.2 Å². The van der Waals surface area contributed by atoms with Crippen LogP contribution in [0.25, 0.3) is 4.96 Å². The molecule has 0 radical (unpaired) electrons. The maximum absolute atomic E-state index is 5.41. The molecular weight excluding hydrogens is 260 g/mol. The third kappa shape index (κ3) is 3.26. The number of thiazole rings is 1. The molecule has 2 aromatic heterocycles. The van der Waals surface area contributed by atoms with Gasteiger partial charge in [-0.1, -0.05) is 6.92 Å². The smallest absolute Gasteiger partial charge is 0.195 e. The first kappa shape index (κ1) is 14.3. The first-order valence-electron chi connectivity index (χ1n) is 6.72. The van der Waals surface area contributed by atoms with Gasteiger partial charge in [0, 0.05) is 38.3 Å². The van der Waals surface area contributed by atoms with Crippen LogP contribution in [0.5, 0.6) is 0 Å². The summed E-state index contributed by atoms with van der Waals surface area (Å²) < 4.78 is 7.58. The number of nitrogens with zero attached hydrogens (tertiary/aromatic N) is 3. The van der Waals surface area contributed by atoms with Gasteiger partial charge < -0.3 is 15.0 Å². The van der Waals surface area contributed by atoms with Gasteiger partial charge in [0.2, 0.25) is 0 Å². The highest BCUT2D eigenvalue weighted by Crippen LogP contribution is 2.23. The SMILES string of the molecule is CCNCc1c(N(C)CCOCC)nc2sccn12. The van der Waals surface area contributed by atoms with E-state index in [9.17, 15) is 0 Å². The lowest BCUT2D eigenvalue weighted by Gasteiger charge is -2.18. The fraction of sp³-hybridized carbons (Fsp3) is 0.615. The molecular formula is C13H22N4OS. The lowest BCUT2D eigenvalue weighted by atomic mass is 10.3. The Kier molecular flexibility index (Phi) is 5.18. The Labute approximate surface area is 118 Å². The van der Waals surface area contributed by atoms with Crippen LogP contribution in [-0.2, 0) is 11.3 Å². The van der Waals surface area contributed by atoms with Gasteiger partial charge in [0.25, 0.3) is 0 Å². The number of aromatic nitrogens is 2. The quantitative estimate of drug-likeness (QED) is 0.752. The predicted molar refractivity (Wildman–Crippen MR) is 80.2 cm³/mol. The topological polar surface area (TPSA) is 41.8 Å². The second kappa shape index (κ2) is 6.88. The number of rotatable bonds is 8. The van der Waals surface area contributed by atoms with Crippen molar-refractivity contribution in [3.8, 4) is 0 Å². The van der Waals surface area contributed by atoms with Crippen LogP contribution in [0.2, 0.25) is 0 Å². The number of anilines is 1. The van der Waals surface area contributed by atoms with E-state index in [0.29, 0.717) is 0 Å². The summed E-state index contributed by atoms with van der Waals surface area (Å²) in [7, 11) is 2.07. The van der Waals surface area contributed by atoms with Gasteiger partial charge in [0.15, 0.2) is 10.8 Å². The van der Waals surface area contributed by atoms with Crippen molar-refractivity contribution in [2.24, 2.45) is 0 Å². The number of fused-ring (bicyclic) bond motifs is 1. The van der Waals surface area contributed by atoms with Gasteiger partial charge in [-0.15, -0.1) is 11.3 Å². The van der Waals surface area contributed by atoms with Crippen LogP contribution in [0.4, 0.5) is 5.82 Å². The molecule has 2 heterocycles. The number of hydrogen-bond acceptors (Lipinski definition) is 5. The molecule has 106 valence electrons. The Balaban J connectivity index is 2.17. The van der Waals surface area contributed by atoms with Crippen molar-refractivity contribution < 1.29 is 4.74 Å². The average Bonchev–Trinajstić information content (AvgIpc) is 2.97. The molecule has 1 N–H and O–H groups in total. The second-order valence-electron chi connectivity index (χ2n) is 4.34. The van der Waals surface area contributed by atoms with Crippen molar-refractivity contribution in [1.82, 2.24) is 14.7 Å². The largest absolute Gasteiger partial charge is 0.380 e. The van der Waals surface area contributed by atoms with Gasteiger partial charge in [-0.2, -0.15) is 0 Å². The average molecular weight is 282 g/mol. The summed E-state index contributed by atoms with van der Waals surface area (Å²) >= 11 is 1.67. The van der Waals surface area contributed by atoms with E-state index in [1.54, 1.807) is 11.3 Å². The summed E-state index contributed by atoms with van der Waals surface area (Å²) in [5, 5.41) is 5.45. The van der Waals surface area contributed by atoms with Crippen molar-refractivity contribution >= 4 is 22.1 Å². The van der Waals surface area contributed by atoms with E-state index in [1.807, 2.05) is 6.92 Å². The maximum Gasteiger partial charge on any atom is 0.195 e. The van der Waals surface area contributed by atoms with E-state index in [2.05, 4.69) is 40.2 Å². The predicted octanol–water partition coefficient (Wildman–Crippen LogP) is 1.98. The number of hydrogen-bond donors (Lipinski definition) is 1. The monoisotopic (exact) mass is 282 g/mol. The van der Waals surface area contributed by atoms with Gasteiger partial charge in [0.1, 0.15) is 0 Å². The molecule has 2 rings (SSSR count). The van der Waals surface area contributed by atoms with E-state index in [-0.39, 0.29) is 0 Å². The molecule has 6 heteroatoms. The van der Waals surface area contributed by atoms with Crippen molar-refractivity contribution in [2.75, 3.05) is 38.3 Å². The van der Waals surface area contributed by atoms with Crippen molar-refractivity contribution in [2.45, 2.75) is 20.4 Å². The number of likely N-dealkylation sites (N-methyl/N-ethyl adjacent to an activating group) is 1. The third-order valence-corrected chi connectivity index (χ3v) is 3.78. The molecule has 0 bridgehead atoms. The minimum Gasteiger partial charge on any atom is -0.380 e. The fourth-order valence-electron chi connectivity index (χ4n) is 1.99. The van der Waals surface area contributed by atoms with Gasteiger partial charge in [-0.25, -0.2) is 4.98 Å². The summed E-state index contributed by atoms with van der Waals surface area (Å²) in [5.74, 6) is 1.05. The van der Waals surface area contributed by atoms with E-state index >= 15 is 0 Å². The van der Waals surface area contributed by atoms with Gasteiger partial charge in [-0.3, -0.25) is 4.40 Å². The normalized spacial score (nSPS) is 11.3. The zero-order valence-electron chi connectivity index (χ0n) is 11.8. The molecule has 0 aliphatic heterocycles. The molecule has 0 saturated heterocycles. The van der Waals surface area contributed by atoms with E-state index in [0.717, 1.165) is 43.6 Å². The molecule has 0 fully saturated rings. The van der Waals surface area contributed by atoms with Crippen LogP contribution >= 0.6 is 11.3 Å². The molecule has 0 aliphatic carbocycles. The molecule has 0 aromatic carbocycles. The number of ether oxygens (including phenoxy) is 1. The molecule has 0 unspecified atom stereocenters. The first-order valence-corrected chi connectivity index (χ1v) is 7.59. The van der Waals surface area contributed by atoms with Crippen molar-refractivity contribution in [3.05, 3.63) is 17.3 Å². The Morgan fingerprint density at radius 1 is 1.47 bits per heavy atom. The summed E-state index contributed by atoms with van der Waals surface area (Å²) in [4.78, 5) is 7.93. The third-order valence-electron chi connectivity index (χ3n) is 3.02. The summed E-state index contributed by atoms with van der Waals surface area (Å²) in [6.45, 7) is 8.28. The van der Waals surface area contributed by atoms with Crippen LogP contribution in [0.15, 0.2) is 11.6 Å². The minimum absolute atomic E-state index is 0.735. The highest BCUT2D eigenvalue weighted by Gasteiger charge is 2.15. The molecule has 0 atom stereocenters. The molecule has 0 aliphatic rings. The molecule has 2 aromatic rings. The van der Waals surface area contributed by atoms with Gasteiger partial charge in [0.05, 0.1) is 12.3 Å². The van der Waals surface area contributed by atoms with Crippen LogP contribution in [-0.4, -0.2) is 42.7 Å².